The summed E-state index contributed by atoms with van der Waals surface area (Å²) in [7, 11) is 0. The summed E-state index contributed by atoms with van der Waals surface area (Å²) < 4.78 is 0. The number of carbonyl (C=O) groups excluding carboxylic acids is 1. The lowest BCUT2D eigenvalue weighted by atomic mass is 10.0. The van der Waals surface area contributed by atoms with E-state index in [0.717, 1.165) is 10.8 Å². The molecule has 0 radical (unpaired) electrons. The Balaban J connectivity index is 1.90. The van der Waals surface area contributed by atoms with E-state index >= 15 is 0 Å². The molecular weight excluding hydrogens is 226 g/mol. The fourth-order valence-electron chi connectivity index (χ4n) is 1.99. The quantitative estimate of drug-likeness (QED) is 0.809. The highest BCUT2D eigenvalue weighted by molar-refractivity contribution is 6.06. The molecule has 3 rings (SSSR count). The zero-order chi connectivity index (χ0) is 12.5. The van der Waals surface area contributed by atoms with Gasteiger partial charge in [0.2, 0.25) is 0 Å². The van der Waals surface area contributed by atoms with Gasteiger partial charge in [0.25, 0.3) is 5.91 Å². The van der Waals surface area contributed by atoms with Gasteiger partial charge in [-0.2, -0.15) is 10.3 Å². The van der Waals surface area contributed by atoms with Crippen molar-refractivity contribution in [3.63, 3.8) is 0 Å². The van der Waals surface area contributed by atoms with Gasteiger partial charge >= 0.3 is 0 Å². The summed E-state index contributed by atoms with van der Waals surface area (Å²) >= 11 is 0. The number of benzene rings is 2. The van der Waals surface area contributed by atoms with Crippen molar-refractivity contribution in [1.29, 1.82) is 5.26 Å². The molecule has 2 atom stereocenters. The molecule has 2 aromatic carbocycles. The van der Waals surface area contributed by atoms with E-state index in [0.29, 0.717) is 12.1 Å². The molecule has 0 aromatic heterocycles. The number of hydrogen-bond donors (Lipinski definition) is 1. The van der Waals surface area contributed by atoms with Crippen molar-refractivity contribution in [2.45, 2.75) is 6.04 Å². The lowest BCUT2D eigenvalue weighted by molar-refractivity contribution is 0.0894. The number of nitrogens with one attached hydrogen (secondary N) is 1. The van der Waals surface area contributed by atoms with Crippen molar-refractivity contribution in [2.75, 3.05) is 6.54 Å². The summed E-state index contributed by atoms with van der Waals surface area (Å²) in [5.74, 6) is -0.162. The summed E-state index contributed by atoms with van der Waals surface area (Å²) in [6.45, 7) is 0.604. The molecule has 0 saturated carbocycles. The molecule has 0 aliphatic carbocycles. The molecule has 4 heteroatoms. The summed E-state index contributed by atoms with van der Waals surface area (Å²) in [6, 6.07) is 15.3. The highest BCUT2D eigenvalue weighted by atomic mass is 16.2. The molecule has 88 valence electrons. The van der Waals surface area contributed by atoms with E-state index in [1.165, 1.54) is 0 Å². The predicted molar refractivity (Wildman–Crippen MR) is 67.5 cm³/mol. The van der Waals surface area contributed by atoms with Crippen LogP contribution in [0, 0.1) is 11.3 Å². The molecular formula is C14H11N3O. The average Bonchev–Trinajstić information content (AvgIpc) is 3.16. The van der Waals surface area contributed by atoms with Crippen LogP contribution in [0.5, 0.6) is 0 Å². The SMILES string of the molecule is N#CC1CN1NC(=O)c1cccc2ccccc12. The first kappa shape index (κ1) is 10.8. The lowest BCUT2D eigenvalue weighted by Crippen LogP contribution is -2.30. The number of nitrogens with zero attached hydrogens (tertiary/aromatic N) is 2. The van der Waals surface area contributed by atoms with Crippen LogP contribution in [0.1, 0.15) is 10.4 Å². The monoisotopic (exact) mass is 237 g/mol. The van der Waals surface area contributed by atoms with Gasteiger partial charge < -0.3 is 0 Å². The first-order chi connectivity index (χ1) is 8.79. The van der Waals surface area contributed by atoms with Crippen molar-refractivity contribution in [1.82, 2.24) is 10.4 Å². The Labute approximate surface area is 104 Å². The van der Waals surface area contributed by atoms with Gasteiger partial charge in [-0.05, 0) is 16.8 Å². The van der Waals surface area contributed by atoms with Crippen LogP contribution >= 0.6 is 0 Å². The maximum absolute atomic E-state index is 12.1. The standard InChI is InChI=1S/C14H11N3O/c15-8-11-9-17(11)16-14(18)13-7-3-5-10-4-1-2-6-12(10)13/h1-7,11H,9H2,(H,16,18). The van der Waals surface area contributed by atoms with Crippen molar-refractivity contribution in [3.05, 3.63) is 48.0 Å². The third kappa shape index (κ3) is 1.81. The summed E-state index contributed by atoms with van der Waals surface area (Å²) in [4.78, 5) is 12.1. The van der Waals surface area contributed by atoms with E-state index in [9.17, 15) is 4.79 Å². The largest absolute Gasteiger partial charge is 0.283 e. The first-order valence-corrected chi connectivity index (χ1v) is 5.74. The third-order valence-corrected chi connectivity index (χ3v) is 3.04. The molecule has 1 heterocycles. The van der Waals surface area contributed by atoms with Crippen LogP contribution in [-0.2, 0) is 0 Å². The van der Waals surface area contributed by atoms with Crippen LogP contribution in [0.15, 0.2) is 42.5 Å². The smallest absolute Gasteiger partial charge is 0.266 e. The van der Waals surface area contributed by atoms with Crippen LogP contribution in [0.4, 0.5) is 0 Å². The number of fused-ring (bicyclic) bond motifs is 1. The van der Waals surface area contributed by atoms with E-state index in [1.54, 1.807) is 11.1 Å². The van der Waals surface area contributed by atoms with Gasteiger partial charge in [0.05, 0.1) is 12.6 Å². The zero-order valence-corrected chi connectivity index (χ0v) is 9.63. The van der Waals surface area contributed by atoms with Crippen LogP contribution in [-0.4, -0.2) is 23.5 Å². The topological polar surface area (TPSA) is 55.9 Å². The minimum Gasteiger partial charge on any atom is -0.283 e. The van der Waals surface area contributed by atoms with Gasteiger partial charge in [-0.25, -0.2) is 0 Å². The molecule has 0 spiro atoms. The van der Waals surface area contributed by atoms with Crippen LogP contribution in [0.25, 0.3) is 10.8 Å². The van der Waals surface area contributed by atoms with Gasteiger partial charge in [0, 0.05) is 5.56 Å². The molecule has 2 aromatic rings. The average molecular weight is 237 g/mol. The van der Waals surface area contributed by atoms with Crippen molar-refractivity contribution < 1.29 is 4.79 Å². The van der Waals surface area contributed by atoms with Crippen molar-refractivity contribution >= 4 is 16.7 Å². The first-order valence-electron chi connectivity index (χ1n) is 5.74. The van der Waals surface area contributed by atoms with Crippen LogP contribution in [0.3, 0.4) is 0 Å². The number of carbonyl (C=O) groups is 1. The van der Waals surface area contributed by atoms with Crippen molar-refractivity contribution in [3.8, 4) is 6.07 Å². The molecule has 1 aliphatic heterocycles. The fourth-order valence-corrected chi connectivity index (χ4v) is 1.99. The number of hydrazine groups is 1. The predicted octanol–water partition coefficient (Wildman–Crippen LogP) is 1.69. The summed E-state index contributed by atoms with van der Waals surface area (Å²) in [6.07, 6.45) is 0. The fraction of sp³-hybridized carbons (Fsp3) is 0.143. The Kier molecular flexibility index (Phi) is 2.47. The van der Waals surface area contributed by atoms with Gasteiger partial charge in [0.15, 0.2) is 0 Å². The van der Waals surface area contributed by atoms with Gasteiger partial charge in [0.1, 0.15) is 6.04 Å². The number of rotatable bonds is 2. The molecule has 0 bridgehead atoms. The Hall–Kier alpha value is -2.38. The van der Waals surface area contributed by atoms with Gasteiger partial charge in [-0.1, -0.05) is 36.4 Å². The maximum Gasteiger partial charge on any atom is 0.266 e. The molecule has 1 amide bonds. The normalized spacial score (nSPS) is 21.3. The Morgan fingerprint density at radius 1 is 1.28 bits per heavy atom. The van der Waals surface area contributed by atoms with E-state index in [2.05, 4.69) is 11.5 Å². The minimum absolute atomic E-state index is 0.162. The lowest BCUT2D eigenvalue weighted by Gasteiger charge is -2.07. The number of hydrogen-bond acceptors (Lipinski definition) is 3. The van der Waals surface area contributed by atoms with E-state index in [-0.39, 0.29) is 11.9 Å². The highest BCUT2D eigenvalue weighted by Gasteiger charge is 2.35. The number of nitriles is 1. The molecule has 1 saturated heterocycles. The Bertz CT molecular complexity index is 654. The second-order valence-electron chi connectivity index (χ2n) is 4.26. The summed E-state index contributed by atoms with van der Waals surface area (Å²) in [5, 5.41) is 12.3. The maximum atomic E-state index is 12.1. The molecule has 1 N–H and O–H groups in total. The van der Waals surface area contributed by atoms with E-state index in [1.807, 2.05) is 36.4 Å². The Morgan fingerprint density at radius 3 is 2.83 bits per heavy atom. The second-order valence-corrected chi connectivity index (χ2v) is 4.26. The molecule has 1 aliphatic rings. The molecule has 1 fully saturated rings. The van der Waals surface area contributed by atoms with Gasteiger partial charge in [-0.15, -0.1) is 0 Å². The van der Waals surface area contributed by atoms with Crippen LogP contribution < -0.4 is 5.43 Å². The zero-order valence-electron chi connectivity index (χ0n) is 9.63. The Morgan fingerprint density at radius 2 is 2.06 bits per heavy atom. The van der Waals surface area contributed by atoms with Crippen LogP contribution in [0.2, 0.25) is 0 Å². The summed E-state index contributed by atoms with van der Waals surface area (Å²) in [5.41, 5.74) is 3.37. The van der Waals surface area contributed by atoms with Gasteiger partial charge in [-0.3, -0.25) is 10.2 Å². The molecule has 4 nitrogen and oxygen atoms in total. The molecule has 2 unspecified atom stereocenters. The second kappa shape index (κ2) is 4.13. The van der Waals surface area contributed by atoms with E-state index < -0.39 is 0 Å². The minimum atomic E-state index is -0.177. The highest BCUT2D eigenvalue weighted by Crippen LogP contribution is 2.19. The number of amides is 1. The van der Waals surface area contributed by atoms with Crippen molar-refractivity contribution in [2.24, 2.45) is 0 Å². The third-order valence-electron chi connectivity index (χ3n) is 3.04. The van der Waals surface area contributed by atoms with E-state index in [4.69, 9.17) is 5.26 Å². The molecule has 18 heavy (non-hydrogen) atoms.